The zero-order valence-corrected chi connectivity index (χ0v) is 13.3. The molecule has 3 rings (SSSR count). The number of hydrogen-bond donors (Lipinski definition) is 2. The summed E-state index contributed by atoms with van der Waals surface area (Å²) in [6, 6.07) is 10.3. The number of fused-ring (bicyclic) bond motifs is 1. The average Bonchev–Trinajstić information content (AvgIpc) is 2.59. The second-order valence-electron chi connectivity index (χ2n) is 5.41. The quantitative estimate of drug-likeness (QED) is 0.819. The highest BCUT2D eigenvalue weighted by Gasteiger charge is 2.26. The zero-order chi connectivity index (χ0) is 17.1. The normalized spacial score (nSPS) is 15.8. The second-order valence-corrected chi connectivity index (χ2v) is 5.85. The van der Waals surface area contributed by atoms with E-state index in [4.69, 9.17) is 16.3 Å². The molecule has 0 aliphatic carbocycles. The van der Waals surface area contributed by atoms with Crippen LogP contribution in [0.1, 0.15) is 15.9 Å². The van der Waals surface area contributed by atoms with Gasteiger partial charge < -0.3 is 4.74 Å². The van der Waals surface area contributed by atoms with Crippen molar-refractivity contribution >= 4 is 23.4 Å². The van der Waals surface area contributed by atoms with Crippen LogP contribution in [0.3, 0.4) is 0 Å². The molecule has 2 aromatic rings. The zero-order valence-electron chi connectivity index (χ0n) is 12.5. The van der Waals surface area contributed by atoms with Gasteiger partial charge in [-0.15, -0.1) is 0 Å². The summed E-state index contributed by atoms with van der Waals surface area (Å²) in [5.41, 5.74) is 5.76. The van der Waals surface area contributed by atoms with Crippen molar-refractivity contribution in [3.05, 3.63) is 64.4 Å². The number of nitrogens with one attached hydrogen (secondary N) is 2. The van der Waals surface area contributed by atoms with Crippen LogP contribution in [0.4, 0.5) is 4.39 Å². The van der Waals surface area contributed by atoms with Gasteiger partial charge in [0.05, 0.1) is 5.92 Å². The van der Waals surface area contributed by atoms with Gasteiger partial charge in [0.15, 0.2) is 0 Å². The summed E-state index contributed by atoms with van der Waals surface area (Å²) in [5.74, 6) is -1.06. The first-order valence-electron chi connectivity index (χ1n) is 7.30. The van der Waals surface area contributed by atoms with Gasteiger partial charge >= 0.3 is 0 Å². The van der Waals surface area contributed by atoms with Crippen molar-refractivity contribution in [3.63, 3.8) is 0 Å². The number of rotatable bonds is 2. The van der Waals surface area contributed by atoms with E-state index < -0.39 is 17.6 Å². The van der Waals surface area contributed by atoms with E-state index in [1.54, 1.807) is 18.2 Å². The lowest BCUT2D eigenvalue weighted by Crippen LogP contribution is -2.47. The largest absolute Gasteiger partial charge is 0.492 e. The van der Waals surface area contributed by atoms with E-state index in [9.17, 15) is 14.0 Å². The fourth-order valence-corrected chi connectivity index (χ4v) is 2.62. The van der Waals surface area contributed by atoms with Crippen molar-refractivity contribution in [1.82, 2.24) is 10.9 Å². The van der Waals surface area contributed by atoms with E-state index >= 15 is 0 Å². The Balaban J connectivity index is 1.58. The molecule has 1 aliphatic heterocycles. The Morgan fingerprint density at radius 2 is 1.88 bits per heavy atom. The van der Waals surface area contributed by atoms with Crippen molar-refractivity contribution in [2.75, 3.05) is 6.61 Å². The van der Waals surface area contributed by atoms with Crippen molar-refractivity contribution < 1.29 is 18.7 Å². The van der Waals surface area contributed by atoms with Gasteiger partial charge in [-0.2, -0.15) is 0 Å². The summed E-state index contributed by atoms with van der Waals surface area (Å²) < 4.78 is 18.4. The summed E-state index contributed by atoms with van der Waals surface area (Å²) in [5, 5.41) is 0.572. The van der Waals surface area contributed by atoms with E-state index in [0.29, 0.717) is 17.2 Å². The molecule has 0 radical (unpaired) electrons. The summed E-state index contributed by atoms with van der Waals surface area (Å²) in [6.07, 6.45) is 0.466. The molecule has 2 aromatic carbocycles. The molecule has 0 unspecified atom stereocenters. The van der Waals surface area contributed by atoms with Crippen LogP contribution in [-0.4, -0.2) is 18.4 Å². The number of halogens is 2. The molecule has 2 amide bonds. The number of amides is 2. The van der Waals surface area contributed by atoms with E-state index in [1.165, 1.54) is 24.3 Å². The van der Waals surface area contributed by atoms with Gasteiger partial charge in [0.25, 0.3) is 5.91 Å². The Bertz CT molecular complexity index is 780. The van der Waals surface area contributed by atoms with Crippen LogP contribution in [0.15, 0.2) is 42.5 Å². The predicted molar refractivity (Wildman–Crippen MR) is 86.1 cm³/mol. The number of benzene rings is 2. The van der Waals surface area contributed by atoms with Gasteiger partial charge in [-0.25, -0.2) is 4.39 Å². The number of hydrazine groups is 1. The van der Waals surface area contributed by atoms with Gasteiger partial charge in [-0.05, 0) is 54.4 Å². The summed E-state index contributed by atoms with van der Waals surface area (Å²) in [4.78, 5) is 24.1. The number of carbonyl (C=O) groups excluding carboxylic acids is 2. The standard InChI is InChI=1S/C17H14ClFN2O3/c18-13-3-6-15-11(8-13)7-12(9-24-15)17(23)21-20-16(22)10-1-4-14(19)5-2-10/h1-6,8,12H,7,9H2,(H,20,22)(H,21,23)/t12-/m1/s1. The molecule has 0 saturated heterocycles. The Kier molecular flexibility index (Phi) is 4.66. The third-order valence-corrected chi connectivity index (χ3v) is 3.94. The maximum Gasteiger partial charge on any atom is 0.269 e. The van der Waals surface area contributed by atoms with E-state index in [2.05, 4.69) is 10.9 Å². The molecule has 1 heterocycles. The number of carbonyl (C=O) groups is 2. The van der Waals surface area contributed by atoms with Crippen molar-refractivity contribution in [1.29, 1.82) is 0 Å². The average molecular weight is 349 g/mol. The van der Waals surface area contributed by atoms with Crippen molar-refractivity contribution in [3.8, 4) is 5.75 Å². The third-order valence-electron chi connectivity index (χ3n) is 3.71. The highest BCUT2D eigenvalue weighted by Crippen LogP contribution is 2.29. The minimum atomic E-state index is -0.525. The maximum atomic E-state index is 12.8. The smallest absolute Gasteiger partial charge is 0.269 e. The van der Waals surface area contributed by atoms with E-state index in [-0.39, 0.29) is 18.1 Å². The van der Waals surface area contributed by atoms with Gasteiger partial charge in [0, 0.05) is 10.6 Å². The SMILES string of the molecule is O=C(NNC(=O)[C@H]1COc2ccc(Cl)cc2C1)c1ccc(F)cc1. The molecule has 24 heavy (non-hydrogen) atoms. The van der Waals surface area contributed by atoms with Crippen molar-refractivity contribution in [2.45, 2.75) is 6.42 Å². The topological polar surface area (TPSA) is 67.4 Å². The van der Waals surface area contributed by atoms with Gasteiger partial charge in [0.1, 0.15) is 18.2 Å². The molecule has 5 nitrogen and oxygen atoms in total. The summed E-state index contributed by atoms with van der Waals surface area (Å²) in [7, 11) is 0. The van der Waals surface area contributed by atoms with E-state index in [0.717, 1.165) is 5.56 Å². The van der Waals surface area contributed by atoms with Crippen LogP contribution in [0, 0.1) is 11.7 Å². The Hall–Kier alpha value is -2.60. The molecule has 0 saturated carbocycles. The first-order chi connectivity index (χ1) is 11.5. The highest BCUT2D eigenvalue weighted by atomic mass is 35.5. The summed E-state index contributed by atoms with van der Waals surface area (Å²) in [6.45, 7) is 0.215. The van der Waals surface area contributed by atoms with Crippen LogP contribution in [0.5, 0.6) is 5.75 Å². The van der Waals surface area contributed by atoms with Gasteiger partial charge in [-0.3, -0.25) is 20.4 Å². The Labute approximate surface area is 142 Å². The van der Waals surface area contributed by atoms with Crippen LogP contribution in [0.2, 0.25) is 5.02 Å². The first-order valence-corrected chi connectivity index (χ1v) is 7.68. The third kappa shape index (κ3) is 3.65. The van der Waals surface area contributed by atoms with E-state index in [1.807, 2.05) is 0 Å². The Morgan fingerprint density at radius 1 is 1.12 bits per heavy atom. The Morgan fingerprint density at radius 3 is 2.62 bits per heavy atom. The van der Waals surface area contributed by atoms with Crippen molar-refractivity contribution in [2.24, 2.45) is 5.92 Å². The predicted octanol–water partition coefficient (Wildman–Crippen LogP) is 2.49. The molecule has 7 heteroatoms. The van der Waals surface area contributed by atoms with Crippen LogP contribution in [-0.2, 0) is 11.2 Å². The number of ether oxygens (including phenoxy) is 1. The molecule has 124 valence electrons. The molecule has 0 fully saturated rings. The lowest BCUT2D eigenvalue weighted by atomic mass is 9.96. The minimum Gasteiger partial charge on any atom is -0.492 e. The number of hydrogen-bond acceptors (Lipinski definition) is 3. The second kappa shape index (κ2) is 6.88. The molecular weight excluding hydrogens is 335 g/mol. The maximum absolute atomic E-state index is 12.8. The molecule has 0 spiro atoms. The monoisotopic (exact) mass is 348 g/mol. The molecular formula is C17H14ClFN2O3. The fourth-order valence-electron chi connectivity index (χ4n) is 2.43. The molecule has 2 N–H and O–H groups in total. The summed E-state index contributed by atoms with van der Waals surface area (Å²) >= 11 is 5.95. The minimum absolute atomic E-state index is 0.215. The van der Waals surface area contributed by atoms with Crippen LogP contribution in [0.25, 0.3) is 0 Å². The molecule has 0 aromatic heterocycles. The fraction of sp³-hybridized carbons (Fsp3) is 0.176. The first kappa shape index (κ1) is 16.3. The van der Waals surface area contributed by atoms with Gasteiger partial charge in [-0.1, -0.05) is 11.6 Å². The van der Waals surface area contributed by atoms with Gasteiger partial charge in [0.2, 0.25) is 5.91 Å². The molecule has 0 bridgehead atoms. The van der Waals surface area contributed by atoms with Crippen LogP contribution < -0.4 is 15.6 Å². The lowest BCUT2D eigenvalue weighted by Gasteiger charge is -2.24. The lowest BCUT2D eigenvalue weighted by molar-refractivity contribution is -0.127. The highest BCUT2D eigenvalue weighted by molar-refractivity contribution is 6.30. The molecule has 1 atom stereocenters. The van der Waals surface area contributed by atoms with Crippen LogP contribution >= 0.6 is 11.6 Å². The molecule has 1 aliphatic rings.